The van der Waals surface area contributed by atoms with Gasteiger partial charge in [-0.3, -0.25) is 4.98 Å². The number of pyridine rings is 1. The van der Waals surface area contributed by atoms with Crippen LogP contribution in [0.4, 0.5) is 22.7 Å². The van der Waals surface area contributed by atoms with Crippen LogP contribution in [-0.4, -0.2) is 23.6 Å². The highest BCUT2D eigenvalue weighted by Gasteiger charge is 2.43. The molecule has 3 heterocycles. The van der Waals surface area contributed by atoms with E-state index in [0.717, 1.165) is 30.9 Å². The molecule has 0 bridgehead atoms. The van der Waals surface area contributed by atoms with E-state index in [0.29, 0.717) is 0 Å². The van der Waals surface area contributed by atoms with Crippen LogP contribution >= 0.6 is 0 Å². The van der Waals surface area contributed by atoms with Gasteiger partial charge in [0.2, 0.25) is 0 Å². The second-order valence-electron chi connectivity index (χ2n) is 13.4. The number of nitrogens with zero attached hydrogens (tertiary/aromatic N) is 4. The highest BCUT2D eigenvalue weighted by Crippen LogP contribution is 2.55. The van der Waals surface area contributed by atoms with E-state index >= 15 is 0 Å². The number of rotatable bonds is 6. The lowest BCUT2D eigenvalue weighted by Crippen LogP contribution is -2.35. The van der Waals surface area contributed by atoms with E-state index in [1.165, 1.54) is 44.9 Å². The van der Waals surface area contributed by atoms with Crippen LogP contribution in [0.15, 0.2) is 158 Å². The summed E-state index contributed by atoms with van der Waals surface area (Å²) in [5, 5.41) is 0. The summed E-state index contributed by atoms with van der Waals surface area (Å²) in [4.78, 5) is 12.1. The highest BCUT2D eigenvalue weighted by molar-refractivity contribution is 5.87. The van der Waals surface area contributed by atoms with Crippen LogP contribution in [-0.2, 0) is 10.8 Å². The van der Waals surface area contributed by atoms with Gasteiger partial charge in [0.25, 0.3) is 0 Å². The standard InChI is InChI=1S/C43H40N4/c1-42(2)37-21-10-11-22-39(37)47(36-20-14-19-35(30-36)46-28-27-45(3)31-46)40-29-34(24-25-38(40)42)43(32-15-6-4-7-16-32,33-17-8-5-9-18-33)41-23-12-13-26-44-41/h4,6-8,10-30H,5,9,31H2,1-3H3. The van der Waals surface area contributed by atoms with Crippen molar-refractivity contribution in [2.75, 3.05) is 23.5 Å². The fourth-order valence-corrected chi connectivity index (χ4v) is 7.84. The molecule has 0 saturated heterocycles. The molecule has 0 fully saturated rings. The summed E-state index contributed by atoms with van der Waals surface area (Å²) in [5.74, 6) is 0. The quantitative estimate of drug-likeness (QED) is 0.190. The number of aromatic nitrogens is 1. The SMILES string of the molecule is CN1C=CN(c2cccc(N3c4ccccc4C(C)(C)c4ccc(C(C5=CCCC=C5)(c5ccccc5)c5ccccn5)cc43)c2)C1. The molecule has 0 spiro atoms. The van der Waals surface area contributed by atoms with Crippen molar-refractivity contribution >= 4 is 22.7 Å². The Kier molecular flexibility index (Phi) is 7.10. The average Bonchev–Trinajstić information content (AvgIpc) is 3.56. The summed E-state index contributed by atoms with van der Waals surface area (Å²) < 4.78 is 0. The molecule has 1 aliphatic carbocycles. The van der Waals surface area contributed by atoms with Gasteiger partial charge in [0.1, 0.15) is 0 Å². The number of fused-ring (bicyclic) bond motifs is 2. The predicted octanol–water partition coefficient (Wildman–Crippen LogP) is 9.98. The first-order valence-corrected chi connectivity index (χ1v) is 16.6. The normalized spacial score (nSPS) is 17.6. The van der Waals surface area contributed by atoms with Crippen LogP contribution in [0.1, 0.15) is 54.6 Å². The zero-order chi connectivity index (χ0) is 32.0. The monoisotopic (exact) mass is 612 g/mol. The predicted molar refractivity (Wildman–Crippen MR) is 195 cm³/mol. The summed E-state index contributed by atoms with van der Waals surface area (Å²) >= 11 is 0. The molecule has 2 aliphatic heterocycles. The smallest absolute Gasteiger partial charge is 0.0938 e. The second-order valence-corrected chi connectivity index (χ2v) is 13.4. The topological polar surface area (TPSA) is 22.6 Å². The van der Waals surface area contributed by atoms with Gasteiger partial charge in [0.15, 0.2) is 0 Å². The van der Waals surface area contributed by atoms with Crippen LogP contribution < -0.4 is 9.80 Å². The van der Waals surface area contributed by atoms with Crippen LogP contribution in [0, 0.1) is 0 Å². The Morgan fingerprint density at radius 1 is 0.681 bits per heavy atom. The molecule has 4 aromatic carbocycles. The summed E-state index contributed by atoms with van der Waals surface area (Å²) in [6.45, 7) is 5.55. The fourth-order valence-electron chi connectivity index (χ4n) is 7.84. The molecular formula is C43H40N4. The molecule has 0 radical (unpaired) electrons. The van der Waals surface area contributed by atoms with Gasteiger partial charge in [-0.05, 0) is 83.1 Å². The van der Waals surface area contributed by atoms with Gasteiger partial charge in [-0.2, -0.15) is 0 Å². The molecule has 1 aromatic heterocycles. The number of benzene rings is 4. The maximum atomic E-state index is 5.09. The zero-order valence-electron chi connectivity index (χ0n) is 27.3. The lowest BCUT2D eigenvalue weighted by atomic mass is 9.64. The number of para-hydroxylation sites is 1. The first-order chi connectivity index (χ1) is 23.0. The Morgan fingerprint density at radius 2 is 1.47 bits per heavy atom. The Bertz CT molecular complexity index is 1980. The van der Waals surface area contributed by atoms with Gasteiger partial charge in [0.05, 0.1) is 29.2 Å². The van der Waals surface area contributed by atoms with E-state index in [1.807, 2.05) is 12.3 Å². The van der Waals surface area contributed by atoms with Gasteiger partial charge >= 0.3 is 0 Å². The molecule has 47 heavy (non-hydrogen) atoms. The molecule has 4 nitrogen and oxygen atoms in total. The lowest BCUT2D eigenvalue weighted by molar-refractivity contribution is 0.496. The Balaban J connectivity index is 1.41. The molecular weight excluding hydrogens is 573 g/mol. The van der Waals surface area contributed by atoms with Gasteiger partial charge in [0, 0.05) is 42.4 Å². The Hall–Kier alpha value is -5.35. The van der Waals surface area contributed by atoms with Crippen molar-refractivity contribution in [3.8, 4) is 0 Å². The van der Waals surface area contributed by atoms with Gasteiger partial charge in [-0.15, -0.1) is 0 Å². The third-order valence-corrected chi connectivity index (χ3v) is 10.1. The number of anilines is 4. The van der Waals surface area contributed by atoms with Crippen LogP contribution in [0.3, 0.4) is 0 Å². The van der Waals surface area contributed by atoms with Crippen LogP contribution in [0.5, 0.6) is 0 Å². The molecule has 5 aromatic rings. The molecule has 1 unspecified atom stereocenters. The molecule has 0 N–H and O–H groups in total. The fraction of sp³-hybridized carbons (Fsp3) is 0.186. The van der Waals surface area contributed by atoms with E-state index in [9.17, 15) is 0 Å². The molecule has 0 amide bonds. The van der Waals surface area contributed by atoms with E-state index in [4.69, 9.17) is 4.98 Å². The van der Waals surface area contributed by atoms with E-state index in [-0.39, 0.29) is 5.41 Å². The minimum absolute atomic E-state index is 0.191. The minimum Gasteiger partial charge on any atom is -0.361 e. The summed E-state index contributed by atoms with van der Waals surface area (Å²) in [5.41, 5.74) is 11.3. The number of hydrogen-bond donors (Lipinski definition) is 0. The first-order valence-electron chi connectivity index (χ1n) is 16.6. The maximum Gasteiger partial charge on any atom is 0.0938 e. The Labute approximate surface area is 278 Å². The number of allylic oxidation sites excluding steroid dienone is 4. The van der Waals surface area contributed by atoms with Crippen LogP contribution in [0.25, 0.3) is 0 Å². The van der Waals surface area contributed by atoms with Crippen molar-refractivity contribution in [2.24, 2.45) is 0 Å². The van der Waals surface area contributed by atoms with Crippen molar-refractivity contribution < 1.29 is 0 Å². The maximum absolute atomic E-state index is 5.09. The average molecular weight is 613 g/mol. The van der Waals surface area contributed by atoms with E-state index in [1.54, 1.807) is 0 Å². The molecule has 1 atom stereocenters. The Morgan fingerprint density at radius 3 is 2.23 bits per heavy atom. The van der Waals surface area contributed by atoms with Crippen molar-refractivity contribution in [1.29, 1.82) is 0 Å². The van der Waals surface area contributed by atoms with Crippen molar-refractivity contribution in [2.45, 2.75) is 37.5 Å². The second kappa shape index (κ2) is 11.5. The van der Waals surface area contributed by atoms with Gasteiger partial charge < -0.3 is 14.7 Å². The van der Waals surface area contributed by atoms with Crippen molar-refractivity contribution in [3.63, 3.8) is 0 Å². The van der Waals surface area contributed by atoms with Gasteiger partial charge in [-0.25, -0.2) is 0 Å². The molecule has 8 rings (SSSR count). The third-order valence-electron chi connectivity index (χ3n) is 10.1. The summed E-state index contributed by atoms with van der Waals surface area (Å²) in [6.07, 6.45) is 15.3. The first kappa shape index (κ1) is 29.1. The molecule has 232 valence electrons. The summed E-state index contributed by atoms with van der Waals surface area (Å²) in [6, 6.07) is 42.3. The lowest BCUT2D eigenvalue weighted by Gasteiger charge is -2.44. The van der Waals surface area contributed by atoms with Crippen LogP contribution in [0.2, 0.25) is 0 Å². The number of hydrogen-bond acceptors (Lipinski definition) is 4. The van der Waals surface area contributed by atoms with Gasteiger partial charge in [-0.1, -0.05) is 105 Å². The highest BCUT2D eigenvalue weighted by atomic mass is 15.3. The van der Waals surface area contributed by atoms with E-state index in [2.05, 4.69) is 175 Å². The molecule has 4 heteroatoms. The largest absolute Gasteiger partial charge is 0.361 e. The van der Waals surface area contributed by atoms with Crippen molar-refractivity contribution in [1.82, 2.24) is 9.88 Å². The van der Waals surface area contributed by atoms with E-state index < -0.39 is 5.41 Å². The molecule has 3 aliphatic rings. The third kappa shape index (κ3) is 4.70. The molecule has 0 saturated carbocycles. The minimum atomic E-state index is -0.589. The summed E-state index contributed by atoms with van der Waals surface area (Å²) in [7, 11) is 2.11. The zero-order valence-corrected chi connectivity index (χ0v) is 27.3. The van der Waals surface area contributed by atoms with Crippen molar-refractivity contribution in [3.05, 3.63) is 186 Å².